The minimum absolute atomic E-state index is 0.178. The molecule has 21 heavy (non-hydrogen) atoms. The van der Waals surface area contributed by atoms with E-state index < -0.39 is 5.82 Å². The van der Waals surface area contributed by atoms with E-state index in [9.17, 15) is 9.18 Å². The minimum Gasteiger partial charge on any atom is -0.385 e. The van der Waals surface area contributed by atoms with Crippen molar-refractivity contribution >= 4 is 11.6 Å². The Labute approximate surface area is 125 Å². The Balaban J connectivity index is 1.99. The number of carbonyl (C=O) groups is 1. The Morgan fingerprint density at radius 2 is 2.19 bits per heavy atom. The molecule has 0 aliphatic heterocycles. The quantitative estimate of drug-likeness (QED) is 0.775. The standard InChI is InChI=1S/C16H23FN2O2/c1-3-18-14-12(5-4-6-13(14)17)15(20)19-11-16(7-8-16)9-10-21-2/h4-6,18H,3,7-11H2,1-2H3,(H,19,20). The lowest BCUT2D eigenvalue weighted by Gasteiger charge is -2.17. The first kappa shape index (κ1) is 15.8. The minimum atomic E-state index is -0.398. The molecule has 2 rings (SSSR count). The number of anilines is 1. The van der Waals surface area contributed by atoms with Gasteiger partial charge in [0.2, 0.25) is 0 Å². The van der Waals surface area contributed by atoms with Gasteiger partial charge in [-0.05, 0) is 43.7 Å². The lowest BCUT2D eigenvalue weighted by molar-refractivity contribution is 0.0938. The highest BCUT2D eigenvalue weighted by Gasteiger charge is 2.42. The summed E-state index contributed by atoms with van der Waals surface area (Å²) in [4.78, 5) is 12.3. The number of hydrogen-bond acceptors (Lipinski definition) is 3. The van der Waals surface area contributed by atoms with Crippen LogP contribution in [0.1, 0.15) is 36.5 Å². The third-order valence-electron chi connectivity index (χ3n) is 4.03. The lowest BCUT2D eigenvalue weighted by atomic mass is 10.0. The molecule has 1 saturated carbocycles. The molecule has 4 nitrogen and oxygen atoms in total. The first-order chi connectivity index (χ1) is 10.1. The van der Waals surface area contributed by atoms with Crippen LogP contribution in [0.2, 0.25) is 0 Å². The topological polar surface area (TPSA) is 50.4 Å². The Morgan fingerprint density at radius 3 is 2.81 bits per heavy atom. The molecule has 2 N–H and O–H groups in total. The summed E-state index contributed by atoms with van der Waals surface area (Å²) in [7, 11) is 1.68. The predicted molar refractivity (Wildman–Crippen MR) is 81.1 cm³/mol. The normalized spacial score (nSPS) is 15.6. The molecule has 5 heteroatoms. The molecule has 1 fully saturated rings. The maximum atomic E-state index is 13.8. The third-order valence-corrected chi connectivity index (χ3v) is 4.03. The monoisotopic (exact) mass is 294 g/mol. The van der Waals surface area contributed by atoms with Gasteiger partial charge >= 0.3 is 0 Å². The van der Waals surface area contributed by atoms with E-state index in [1.54, 1.807) is 19.2 Å². The van der Waals surface area contributed by atoms with E-state index in [4.69, 9.17) is 4.74 Å². The van der Waals surface area contributed by atoms with Crippen molar-refractivity contribution in [1.82, 2.24) is 5.32 Å². The molecule has 116 valence electrons. The number of para-hydroxylation sites is 1. The fraction of sp³-hybridized carbons (Fsp3) is 0.562. The van der Waals surface area contributed by atoms with Crippen molar-refractivity contribution in [3.8, 4) is 0 Å². The molecule has 0 bridgehead atoms. The first-order valence-corrected chi connectivity index (χ1v) is 7.41. The number of hydrogen-bond donors (Lipinski definition) is 2. The molecule has 1 aromatic rings. The van der Waals surface area contributed by atoms with Gasteiger partial charge in [-0.3, -0.25) is 4.79 Å². The van der Waals surface area contributed by atoms with E-state index in [1.165, 1.54) is 6.07 Å². The zero-order valence-electron chi connectivity index (χ0n) is 12.7. The lowest BCUT2D eigenvalue weighted by Crippen LogP contribution is -2.31. The molecule has 0 heterocycles. The summed E-state index contributed by atoms with van der Waals surface area (Å²) < 4.78 is 18.9. The molecule has 1 aliphatic rings. The van der Waals surface area contributed by atoms with E-state index in [0.29, 0.717) is 25.3 Å². The van der Waals surface area contributed by atoms with Crippen LogP contribution >= 0.6 is 0 Å². The van der Waals surface area contributed by atoms with Crippen molar-refractivity contribution in [2.75, 3.05) is 32.1 Å². The average molecular weight is 294 g/mol. The summed E-state index contributed by atoms with van der Waals surface area (Å²) in [5, 5.41) is 5.85. The van der Waals surface area contributed by atoms with Crippen molar-refractivity contribution in [3.63, 3.8) is 0 Å². The fourth-order valence-electron chi connectivity index (χ4n) is 2.44. The smallest absolute Gasteiger partial charge is 0.253 e. The maximum absolute atomic E-state index is 13.8. The molecular formula is C16H23FN2O2. The van der Waals surface area contributed by atoms with Gasteiger partial charge in [-0.1, -0.05) is 6.07 Å². The second-order valence-corrected chi connectivity index (χ2v) is 5.62. The molecular weight excluding hydrogens is 271 g/mol. The fourth-order valence-corrected chi connectivity index (χ4v) is 2.44. The molecule has 0 saturated heterocycles. The van der Waals surface area contributed by atoms with Gasteiger partial charge in [-0.2, -0.15) is 0 Å². The van der Waals surface area contributed by atoms with Gasteiger partial charge in [-0.15, -0.1) is 0 Å². The van der Waals surface area contributed by atoms with E-state index in [1.807, 2.05) is 6.92 Å². The van der Waals surface area contributed by atoms with Crippen LogP contribution in [0.25, 0.3) is 0 Å². The number of ether oxygens (including phenoxy) is 1. The van der Waals surface area contributed by atoms with Crippen LogP contribution in [0.15, 0.2) is 18.2 Å². The number of nitrogens with one attached hydrogen (secondary N) is 2. The Bertz CT molecular complexity index is 501. The van der Waals surface area contributed by atoms with Crippen molar-refractivity contribution in [3.05, 3.63) is 29.6 Å². The van der Waals surface area contributed by atoms with E-state index in [2.05, 4.69) is 10.6 Å². The van der Waals surface area contributed by atoms with Crippen LogP contribution in [0, 0.1) is 11.2 Å². The van der Waals surface area contributed by atoms with Crippen LogP contribution < -0.4 is 10.6 Å². The van der Waals surface area contributed by atoms with Crippen molar-refractivity contribution in [2.45, 2.75) is 26.2 Å². The highest BCUT2D eigenvalue weighted by Crippen LogP contribution is 2.48. The van der Waals surface area contributed by atoms with Crippen LogP contribution in [0.4, 0.5) is 10.1 Å². The zero-order chi connectivity index (χ0) is 15.3. The largest absolute Gasteiger partial charge is 0.385 e. The van der Waals surface area contributed by atoms with E-state index in [-0.39, 0.29) is 17.0 Å². The Kier molecular flexibility index (Phi) is 5.17. The van der Waals surface area contributed by atoms with Crippen molar-refractivity contribution in [2.24, 2.45) is 5.41 Å². The Hall–Kier alpha value is -1.62. The highest BCUT2D eigenvalue weighted by molar-refractivity contribution is 5.99. The second-order valence-electron chi connectivity index (χ2n) is 5.62. The molecule has 0 spiro atoms. The Morgan fingerprint density at radius 1 is 1.43 bits per heavy atom. The van der Waals surface area contributed by atoms with Gasteiger partial charge in [-0.25, -0.2) is 4.39 Å². The zero-order valence-corrected chi connectivity index (χ0v) is 12.7. The number of halogens is 1. The van der Waals surface area contributed by atoms with Crippen LogP contribution in [-0.2, 0) is 4.74 Å². The number of methoxy groups -OCH3 is 1. The van der Waals surface area contributed by atoms with Gasteiger partial charge < -0.3 is 15.4 Å². The number of amides is 1. The maximum Gasteiger partial charge on any atom is 0.253 e. The first-order valence-electron chi connectivity index (χ1n) is 7.41. The van der Waals surface area contributed by atoms with Crippen LogP contribution in [-0.4, -0.2) is 32.7 Å². The average Bonchev–Trinajstić information content (AvgIpc) is 3.25. The summed E-state index contributed by atoms with van der Waals surface area (Å²) in [5.74, 6) is -0.626. The van der Waals surface area contributed by atoms with Crippen molar-refractivity contribution < 1.29 is 13.9 Å². The SMILES string of the molecule is CCNc1c(F)cccc1C(=O)NCC1(CCOC)CC1. The molecule has 1 aliphatic carbocycles. The number of carbonyl (C=O) groups excluding carboxylic acids is 1. The number of rotatable bonds is 8. The van der Waals surface area contributed by atoms with Gasteiger partial charge in [0.05, 0.1) is 11.3 Å². The summed E-state index contributed by atoms with van der Waals surface area (Å²) in [6, 6.07) is 4.56. The molecule has 1 aromatic carbocycles. The molecule has 0 atom stereocenters. The summed E-state index contributed by atoms with van der Waals surface area (Å²) in [6.07, 6.45) is 3.17. The molecule has 0 unspecified atom stereocenters. The van der Waals surface area contributed by atoms with Gasteiger partial charge in [0, 0.05) is 26.8 Å². The predicted octanol–water partition coefficient (Wildman–Crippen LogP) is 2.80. The van der Waals surface area contributed by atoms with Crippen molar-refractivity contribution in [1.29, 1.82) is 0 Å². The summed E-state index contributed by atoms with van der Waals surface area (Å²) in [5.41, 5.74) is 0.816. The second kappa shape index (κ2) is 6.89. The third kappa shape index (κ3) is 3.94. The van der Waals surface area contributed by atoms with E-state index >= 15 is 0 Å². The highest BCUT2D eigenvalue weighted by atomic mass is 19.1. The molecule has 0 radical (unpaired) electrons. The van der Waals surface area contributed by atoms with Gasteiger partial charge in [0.15, 0.2) is 0 Å². The number of benzene rings is 1. The van der Waals surface area contributed by atoms with Crippen LogP contribution in [0.5, 0.6) is 0 Å². The van der Waals surface area contributed by atoms with E-state index in [0.717, 1.165) is 19.3 Å². The summed E-state index contributed by atoms with van der Waals surface area (Å²) >= 11 is 0. The molecule has 0 aromatic heterocycles. The van der Waals surface area contributed by atoms with Crippen LogP contribution in [0.3, 0.4) is 0 Å². The van der Waals surface area contributed by atoms with Gasteiger partial charge in [0.1, 0.15) is 5.82 Å². The summed E-state index contributed by atoms with van der Waals surface area (Å²) in [6.45, 7) is 3.77. The van der Waals surface area contributed by atoms with Gasteiger partial charge in [0.25, 0.3) is 5.91 Å². The molecule has 1 amide bonds.